The topological polar surface area (TPSA) is 62.4 Å². The van der Waals surface area contributed by atoms with Crippen LogP contribution < -0.4 is 10.6 Å². The summed E-state index contributed by atoms with van der Waals surface area (Å²) in [6, 6.07) is 5.72. The van der Waals surface area contributed by atoms with Gasteiger partial charge in [0.15, 0.2) is 0 Å². The Bertz CT molecular complexity index is 402. The Morgan fingerprint density at radius 2 is 2.18 bits per heavy atom. The molecule has 0 amide bonds. The van der Waals surface area contributed by atoms with Crippen molar-refractivity contribution in [3.05, 3.63) is 23.9 Å². The second kappa shape index (κ2) is 5.42. The van der Waals surface area contributed by atoms with Gasteiger partial charge >= 0.3 is 0 Å². The summed E-state index contributed by atoms with van der Waals surface area (Å²) in [5.41, 5.74) is 6.24. The van der Waals surface area contributed by atoms with Crippen molar-refractivity contribution in [2.75, 3.05) is 24.6 Å². The zero-order valence-corrected chi connectivity index (χ0v) is 10.5. The molecule has 3 N–H and O–H groups in total. The van der Waals surface area contributed by atoms with Crippen LogP contribution in [0.25, 0.3) is 0 Å². The number of thiocarbonyl (C=S) groups is 1. The van der Waals surface area contributed by atoms with E-state index < -0.39 is 0 Å². The number of aromatic nitrogens is 1. The summed E-state index contributed by atoms with van der Waals surface area (Å²) < 4.78 is 0. The number of rotatable bonds is 3. The molecule has 0 bridgehead atoms. The number of hydrogen-bond donors (Lipinski definition) is 2. The molecule has 4 nitrogen and oxygen atoms in total. The van der Waals surface area contributed by atoms with Crippen LogP contribution in [0.3, 0.4) is 0 Å². The van der Waals surface area contributed by atoms with Crippen molar-refractivity contribution in [2.45, 2.75) is 12.8 Å². The molecule has 1 aliphatic rings. The van der Waals surface area contributed by atoms with Gasteiger partial charge in [0.2, 0.25) is 0 Å². The largest absolute Gasteiger partial charge is 0.396 e. The molecule has 2 rings (SSSR count). The van der Waals surface area contributed by atoms with Crippen LogP contribution in [0.15, 0.2) is 18.2 Å². The van der Waals surface area contributed by atoms with E-state index in [1.807, 2.05) is 18.2 Å². The Kier molecular flexibility index (Phi) is 3.91. The number of hydrogen-bond acceptors (Lipinski definition) is 4. The van der Waals surface area contributed by atoms with Crippen molar-refractivity contribution < 1.29 is 5.11 Å². The van der Waals surface area contributed by atoms with Crippen LogP contribution in [-0.2, 0) is 0 Å². The van der Waals surface area contributed by atoms with Crippen molar-refractivity contribution in [1.29, 1.82) is 0 Å². The predicted molar refractivity (Wildman–Crippen MR) is 72.1 cm³/mol. The third-order valence-electron chi connectivity index (χ3n) is 3.18. The van der Waals surface area contributed by atoms with Gasteiger partial charge in [0.05, 0.1) is 5.69 Å². The first-order chi connectivity index (χ1) is 8.20. The fourth-order valence-corrected chi connectivity index (χ4v) is 2.19. The van der Waals surface area contributed by atoms with Gasteiger partial charge in [-0.3, -0.25) is 0 Å². The number of aliphatic hydroxyl groups is 1. The Labute approximate surface area is 106 Å². The highest BCUT2D eigenvalue weighted by Gasteiger charge is 2.19. The Morgan fingerprint density at radius 1 is 1.47 bits per heavy atom. The highest BCUT2D eigenvalue weighted by atomic mass is 32.1. The van der Waals surface area contributed by atoms with Gasteiger partial charge in [0, 0.05) is 19.7 Å². The monoisotopic (exact) mass is 251 g/mol. The molecule has 1 aromatic heterocycles. The molecule has 1 aliphatic heterocycles. The lowest BCUT2D eigenvalue weighted by Gasteiger charge is -2.32. The zero-order valence-electron chi connectivity index (χ0n) is 9.67. The second-order valence-corrected chi connectivity index (χ2v) is 4.80. The Hall–Kier alpha value is -1.20. The maximum absolute atomic E-state index is 9.10. The summed E-state index contributed by atoms with van der Waals surface area (Å²) >= 11 is 4.92. The van der Waals surface area contributed by atoms with Gasteiger partial charge in [-0.05, 0) is 30.9 Å². The first-order valence-electron chi connectivity index (χ1n) is 5.83. The molecule has 92 valence electrons. The molecule has 0 atom stereocenters. The molecule has 0 aromatic carbocycles. The maximum atomic E-state index is 9.10. The summed E-state index contributed by atoms with van der Waals surface area (Å²) in [5, 5.41) is 9.10. The van der Waals surface area contributed by atoms with Crippen molar-refractivity contribution in [2.24, 2.45) is 11.7 Å². The minimum atomic E-state index is 0.286. The molecular weight excluding hydrogens is 234 g/mol. The number of nitrogens with zero attached hydrogens (tertiary/aromatic N) is 2. The number of piperidine rings is 1. The normalized spacial score (nSPS) is 17.1. The molecule has 1 fully saturated rings. The second-order valence-electron chi connectivity index (χ2n) is 4.36. The molecule has 0 aliphatic carbocycles. The van der Waals surface area contributed by atoms with Crippen molar-refractivity contribution >= 4 is 23.0 Å². The van der Waals surface area contributed by atoms with Gasteiger partial charge in [0.1, 0.15) is 10.8 Å². The van der Waals surface area contributed by atoms with E-state index >= 15 is 0 Å². The first-order valence-corrected chi connectivity index (χ1v) is 6.24. The van der Waals surface area contributed by atoms with Crippen molar-refractivity contribution in [3.63, 3.8) is 0 Å². The van der Waals surface area contributed by atoms with Crippen LogP contribution in [0.4, 0.5) is 5.82 Å². The SMILES string of the molecule is NC(=S)c1cccc(N2CCC(CO)CC2)n1. The molecular formula is C12H17N3OS. The molecule has 0 unspecified atom stereocenters. The molecule has 0 saturated carbocycles. The third-order valence-corrected chi connectivity index (χ3v) is 3.39. The van der Waals surface area contributed by atoms with Gasteiger partial charge in [0.25, 0.3) is 0 Å². The maximum Gasteiger partial charge on any atom is 0.129 e. The highest BCUT2D eigenvalue weighted by molar-refractivity contribution is 7.80. The summed E-state index contributed by atoms with van der Waals surface area (Å²) in [4.78, 5) is 6.99. The molecule has 0 radical (unpaired) electrons. The van der Waals surface area contributed by atoms with E-state index in [-0.39, 0.29) is 6.61 Å². The van der Waals surface area contributed by atoms with Gasteiger partial charge in [-0.25, -0.2) is 4.98 Å². The summed E-state index contributed by atoms with van der Waals surface area (Å²) in [6.45, 7) is 2.15. The van der Waals surface area contributed by atoms with E-state index in [1.54, 1.807) is 0 Å². The highest BCUT2D eigenvalue weighted by Crippen LogP contribution is 2.21. The van der Waals surface area contributed by atoms with Crippen LogP contribution in [0.2, 0.25) is 0 Å². The first kappa shape index (κ1) is 12.3. The standard InChI is InChI=1S/C12H17N3OS/c13-12(17)10-2-1-3-11(14-10)15-6-4-9(8-16)5-7-15/h1-3,9,16H,4-8H2,(H2,13,17). The van der Waals surface area contributed by atoms with Gasteiger partial charge in [-0.1, -0.05) is 18.3 Å². The van der Waals surface area contributed by atoms with Crippen LogP contribution in [0.5, 0.6) is 0 Å². The minimum Gasteiger partial charge on any atom is -0.396 e. The lowest BCUT2D eigenvalue weighted by atomic mass is 9.98. The van der Waals surface area contributed by atoms with Crippen molar-refractivity contribution in [3.8, 4) is 0 Å². The molecule has 5 heteroatoms. The van der Waals surface area contributed by atoms with Crippen LogP contribution in [-0.4, -0.2) is 34.8 Å². The third kappa shape index (κ3) is 2.92. The fraction of sp³-hybridized carbons (Fsp3) is 0.500. The fourth-order valence-electron chi connectivity index (χ4n) is 2.08. The molecule has 0 spiro atoms. The smallest absolute Gasteiger partial charge is 0.129 e. The summed E-state index contributed by atoms with van der Waals surface area (Å²) in [6.07, 6.45) is 2.02. The van der Waals surface area contributed by atoms with E-state index in [1.165, 1.54) is 0 Å². The van der Waals surface area contributed by atoms with E-state index in [4.69, 9.17) is 23.1 Å². The number of aliphatic hydroxyl groups excluding tert-OH is 1. The lowest BCUT2D eigenvalue weighted by Crippen LogP contribution is -2.35. The molecule has 1 aromatic rings. The Balaban J connectivity index is 2.08. The zero-order chi connectivity index (χ0) is 12.3. The van der Waals surface area contributed by atoms with E-state index in [0.29, 0.717) is 16.6 Å². The number of anilines is 1. The summed E-state index contributed by atoms with van der Waals surface area (Å²) in [7, 11) is 0. The van der Waals surface area contributed by atoms with Crippen LogP contribution in [0, 0.1) is 5.92 Å². The van der Waals surface area contributed by atoms with Crippen LogP contribution >= 0.6 is 12.2 Å². The molecule has 2 heterocycles. The van der Waals surface area contributed by atoms with Gasteiger partial charge in [-0.15, -0.1) is 0 Å². The molecule has 17 heavy (non-hydrogen) atoms. The van der Waals surface area contributed by atoms with E-state index in [2.05, 4.69) is 9.88 Å². The lowest BCUT2D eigenvalue weighted by molar-refractivity contribution is 0.203. The predicted octanol–water partition coefficient (Wildman–Crippen LogP) is 0.924. The average Bonchev–Trinajstić information content (AvgIpc) is 2.39. The quantitative estimate of drug-likeness (QED) is 0.782. The molecule has 1 saturated heterocycles. The van der Waals surface area contributed by atoms with Crippen LogP contribution in [0.1, 0.15) is 18.5 Å². The van der Waals surface area contributed by atoms with Gasteiger partial charge in [-0.2, -0.15) is 0 Å². The van der Waals surface area contributed by atoms with E-state index in [0.717, 1.165) is 31.7 Å². The van der Waals surface area contributed by atoms with Crippen molar-refractivity contribution in [1.82, 2.24) is 4.98 Å². The minimum absolute atomic E-state index is 0.286. The van der Waals surface area contributed by atoms with E-state index in [9.17, 15) is 0 Å². The summed E-state index contributed by atoms with van der Waals surface area (Å²) in [5.74, 6) is 1.36. The van der Waals surface area contributed by atoms with Gasteiger partial charge < -0.3 is 15.7 Å². The number of nitrogens with two attached hydrogens (primary N) is 1. The average molecular weight is 251 g/mol. The Morgan fingerprint density at radius 3 is 2.76 bits per heavy atom. The number of pyridine rings is 1.